The highest BCUT2D eigenvalue weighted by Crippen LogP contribution is 2.08. The first kappa shape index (κ1) is 17.7. The summed E-state index contributed by atoms with van der Waals surface area (Å²) in [5, 5.41) is 18.6. The van der Waals surface area contributed by atoms with Crippen LogP contribution in [0.15, 0.2) is 0 Å². The van der Waals surface area contributed by atoms with E-state index in [1.165, 1.54) is 16.9 Å². The molecule has 0 atom stereocenters. The molecule has 0 unspecified atom stereocenters. The van der Waals surface area contributed by atoms with E-state index < -0.39 is 17.6 Å². The Labute approximate surface area is 113 Å². The minimum Gasteiger partial charge on any atom is -0.480 e. The average molecular weight is 276 g/mol. The average Bonchev–Trinajstić information content (AvgIpc) is 2.29. The normalized spacial score (nSPS) is 11.2. The quantitative estimate of drug-likeness (QED) is 0.662. The van der Waals surface area contributed by atoms with E-state index in [0.29, 0.717) is 6.54 Å². The van der Waals surface area contributed by atoms with Crippen LogP contribution in [0, 0.1) is 0 Å². The molecule has 0 bridgehead atoms. The monoisotopic (exact) mass is 276 g/mol. The molecule has 0 saturated heterocycles. The van der Waals surface area contributed by atoms with Crippen molar-refractivity contribution in [1.82, 2.24) is 9.80 Å². The predicted octanol–water partition coefficient (Wildman–Crippen LogP) is 0.232. The SMILES string of the molecule is CCN(CC(C)(C)O)C(=O)N(CCOC)CC(=O)O. The number of likely N-dealkylation sites (N-methyl/N-ethyl adjacent to an activating group) is 1. The Morgan fingerprint density at radius 3 is 2.21 bits per heavy atom. The number of hydrogen-bond donors (Lipinski definition) is 2. The Morgan fingerprint density at radius 2 is 1.84 bits per heavy atom. The summed E-state index contributed by atoms with van der Waals surface area (Å²) in [5.74, 6) is -1.08. The number of carboxylic acids is 1. The Morgan fingerprint density at radius 1 is 1.26 bits per heavy atom. The third kappa shape index (κ3) is 7.63. The van der Waals surface area contributed by atoms with E-state index in [9.17, 15) is 14.7 Å². The van der Waals surface area contributed by atoms with Crippen LogP contribution in [0.5, 0.6) is 0 Å². The van der Waals surface area contributed by atoms with Gasteiger partial charge in [0.05, 0.1) is 18.8 Å². The Hall–Kier alpha value is -1.34. The second kappa shape index (κ2) is 7.96. The van der Waals surface area contributed by atoms with Gasteiger partial charge in [0.25, 0.3) is 0 Å². The van der Waals surface area contributed by atoms with E-state index in [-0.39, 0.29) is 26.2 Å². The van der Waals surface area contributed by atoms with Crippen LogP contribution >= 0.6 is 0 Å². The van der Waals surface area contributed by atoms with Crippen molar-refractivity contribution in [2.24, 2.45) is 0 Å². The molecule has 0 aliphatic carbocycles. The van der Waals surface area contributed by atoms with Gasteiger partial charge in [-0.3, -0.25) is 4.79 Å². The molecule has 0 aromatic heterocycles. The molecule has 2 amide bonds. The lowest BCUT2D eigenvalue weighted by molar-refractivity contribution is -0.137. The first-order chi connectivity index (χ1) is 8.71. The fraction of sp³-hybridized carbons (Fsp3) is 0.833. The number of carboxylic acid groups (broad SMARTS) is 1. The molecule has 2 N–H and O–H groups in total. The summed E-state index contributed by atoms with van der Waals surface area (Å²) in [4.78, 5) is 25.6. The zero-order valence-corrected chi connectivity index (χ0v) is 12.0. The Kier molecular flexibility index (Phi) is 7.40. The fourth-order valence-corrected chi connectivity index (χ4v) is 1.59. The van der Waals surface area contributed by atoms with Crippen molar-refractivity contribution in [2.45, 2.75) is 26.4 Å². The second-order valence-corrected chi connectivity index (χ2v) is 4.92. The number of amides is 2. The predicted molar refractivity (Wildman–Crippen MR) is 70.0 cm³/mol. The molecule has 0 fully saturated rings. The van der Waals surface area contributed by atoms with E-state index >= 15 is 0 Å². The maximum absolute atomic E-state index is 12.2. The number of methoxy groups -OCH3 is 1. The van der Waals surface area contributed by atoms with Gasteiger partial charge in [0.2, 0.25) is 0 Å². The van der Waals surface area contributed by atoms with Gasteiger partial charge in [0.15, 0.2) is 0 Å². The van der Waals surface area contributed by atoms with Crippen LogP contribution in [0.3, 0.4) is 0 Å². The highest BCUT2D eigenvalue weighted by Gasteiger charge is 2.26. The van der Waals surface area contributed by atoms with E-state index in [4.69, 9.17) is 9.84 Å². The van der Waals surface area contributed by atoms with E-state index in [1.807, 2.05) is 0 Å². The molecule has 0 aromatic carbocycles. The van der Waals surface area contributed by atoms with Crippen LogP contribution in [0.25, 0.3) is 0 Å². The van der Waals surface area contributed by atoms with Gasteiger partial charge in [-0.05, 0) is 20.8 Å². The van der Waals surface area contributed by atoms with E-state index in [0.717, 1.165) is 0 Å². The highest BCUT2D eigenvalue weighted by molar-refractivity contribution is 5.80. The minimum atomic E-state index is -1.08. The molecule has 0 aliphatic rings. The van der Waals surface area contributed by atoms with Gasteiger partial charge in [0.1, 0.15) is 6.54 Å². The number of ether oxygens (including phenoxy) is 1. The molecular formula is C12H24N2O5. The van der Waals surface area contributed by atoms with E-state index in [1.54, 1.807) is 20.8 Å². The summed E-state index contributed by atoms with van der Waals surface area (Å²) < 4.78 is 4.86. The molecule has 19 heavy (non-hydrogen) atoms. The topological polar surface area (TPSA) is 90.3 Å². The lowest BCUT2D eigenvalue weighted by Gasteiger charge is -2.32. The minimum absolute atomic E-state index is 0.144. The molecule has 0 aromatic rings. The van der Waals surface area contributed by atoms with Gasteiger partial charge >= 0.3 is 12.0 Å². The third-order valence-electron chi connectivity index (χ3n) is 2.39. The molecule has 112 valence electrons. The summed E-state index contributed by atoms with van der Waals surface area (Å²) in [5.41, 5.74) is -1.03. The molecule has 0 rings (SSSR count). The van der Waals surface area contributed by atoms with Crippen molar-refractivity contribution in [3.63, 3.8) is 0 Å². The molecule has 0 aliphatic heterocycles. The van der Waals surface area contributed by atoms with Crippen LogP contribution in [0.2, 0.25) is 0 Å². The third-order valence-corrected chi connectivity index (χ3v) is 2.39. The molecule has 0 radical (unpaired) electrons. The molecule has 0 heterocycles. The molecule has 7 nitrogen and oxygen atoms in total. The highest BCUT2D eigenvalue weighted by atomic mass is 16.5. The van der Waals surface area contributed by atoms with Gasteiger partial charge in [-0.1, -0.05) is 0 Å². The summed E-state index contributed by atoms with van der Waals surface area (Å²) >= 11 is 0. The lowest BCUT2D eigenvalue weighted by atomic mass is 10.1. The fourth-order valence-electron chi connectivity index (χ4n) is 1.59. The maximum atomic E-state index is 12.2. The van der Waals surface area contributed by atoms with Gasteiger partial charge in [-0.2, -0.15) is 0 Å². The number of urea groups is 1. The second-order valence-electron chi connectivity index (χ2n) is 4.92. The summed E-state index contributed by atoms with van der Waals surface area (Å²) in [6.07, 6.45) is 0. The number of hydrogen-bond acceptors (Lipinski definition) is 4. The Bertz CT molecular complexity index is 301. The summed E-state index contributed by atoms with van der Waals surface area (Å²) in [7, 11) is 1.48. The van der Waals surface area contributed by atoms with Crippen LogP contribution < -0.4 is 0 Å². The standard InChI is InChI=1S/C12H24N2O5/c1-5-13(9-12(2,3)18)11(17)14(6-7-19-4)8-10(15)16/h18H,5-9H2,1-4H3,(H,15,16). The number of rotatable bonds is 8. The van der Waals surface area contributed by atoms with Crippen LogP contribution in [-0.4, -0.2) is 77.5 Å². The van der Waals surface area contributed by atoms with Gasteiger partial charge in [-0.15, -0.1) is 0 Å². The van der Waals surface area contributed by atoms with Crippen LogP contribution in [0.4, 0.5) is 4.79 Å². The molecule has 0 spiro atoms. The maximum Gasteiger partial charge on any atom is 0.323 e. The van der Waals surface area contributed by atoms with Gasteiger partial charge in [0, 0.05) is 20.2 Å². The number of aliphatic hydroxyl groups is 1. The van der Waals surface area contributed by atoms with Crippen molar-refractivity contribution < 1.29 is 24.5 Å². The number of nitrogens with zero attached hydrogens (tertiary/aromatic N) is 2. The van der Waals surface area contributed by atoms with Gasteiger partial charge in [-0.25, -0.2) is 4.79 Å². The van der Waals surface area contributed by atoms with Gasteiger partial charge < -0.3 is 24.7 Å². The molecular weight excluding hydrogens is 252 g/mol. The lowest BCUT2D eigenvalue weighted by Crippen LogP contribution is -2.50. The van der Waals surface area contributed by atoms with Crippen molar-refractivity contribution in [3.05, 3.63) is 0 Å². The van der Waals surface area contributed by atoms with Crippen molar-refractivity contribution in [1.29, 1.82) is 0 Å². The Balaban J connectivity index is 4.76. The zero-order valence-electron chi connectivity index (χ0n) is 12.0. The smallest absolute Gasteiger partial charge is 0.323 e. The van der Waals surface area contributed by atoms with Crippen molar-refractivity contribution in [3.8, 4) is 0 Å². The number of carbonyl (C=O) groups is 2. The summed E-state index contributed by atoms with van der Waals surface area (Å²) in [6, 6.07) is -0.413. The van der Waals surface area contributed by atoms with Crippen LogP contribution in [-0.2, 0) is 9.53 Å². The first-order valence-electron chi connectivity index (χ1n) is 6.18. The van der Waals surface area contributed by atoms with Crippen LogP contribution in [0.1, 0.15) is 20.8 Å². The number of aliphatic carboxylic acids is 1. The largest absolute Gasteiger partial charge is 0.480 e. The van der Waals surface area contributed by atoms with Crippen molar-refractivity contribution >= 4 is 12.0 Å². The summed E-state index contributed by atoms with van der Waals surface area (Å²) in [6.45, 7) is 5.59. The first-order valence-corrected chi connectivity index (χ1v) is 6.18. The van der Waals surface area contributed by atoms with Crippen molar-refractivity contribution in [2.75, 3.05) is 39.9 Å². The molecule has 0 saturated carbocycles. The zero-order chi connectivity index (χ0) is 15.1. The molecule has 7 heteroatoms. The number of carbonyl (C=O) groups excluding carboxylic acids is 1. The van der Waals surface area contributed by atoms with E-state index in [2.05, 4.69) is 0 Å².